The summed E-state index contributed by atoms with van der Waals surface area (Å²) in [6, 6.07) is 0. The Labute approximate surface area is 62.6 Å². The van der Waals surface area contributed by atoms with Gasteiger partial charge in [0.05, 0.1) is 17.4 Å². The maximum Gasteiger partial charge on any atom is 2.00 e. The van der Waals surface area contributed by atoms with E-state index in [4.69, 9.17) is 0 Å². The maximum atomic E-state index is 0. The second kappa shape index (κ2) is 23.5. The molecule has 0 aliphatic rings. The van der Waals surface area contributed by atoms with Crippen LogP contribution in [0.3, 0.4) is 0 Å². The van der Waals surface area contributed by atoms with Crippen LogP contribution < -0.4 is 0 Å². The maximum absolute atomic E-state index is 0. The largest absolute Gasteiger partial charge is 2.00 e. The van der Waals surface area contributed by atoms with Crippen LogP contribution in [0.4, 0.5) is 0 Å². The van der Waals surface area contributed by atoms with Gasteiger partial charge in [0.15, 0.2) is 0 Å². The minimum atomic E-state index is 0. The summed E-state index contributed by atoms with van der Waals surface area (Å²) in [4.78, 5) is 0. The zero-order chi connectivity index (χ0) is 0. The van der Waals surface area contributed by atoms with Crippen molar-refractivity contribution in [3.05, 3.63) is 0 Å². The molecule has 0 saturated carbocycles. The van der Waals surface area contributed by atoms with Gasteiger partial charge in [-0.1, -0.05) is 0 Å². The Bertz CT molecular complexity index is 13.5. The van der Waals surface area contributed by atoms with Gasteiger partial charge in [-0.25, -0.2) is 0 Å². The summed E-state index contributed by atoms with van der Waals surface area (Å²) in [5.41, 5.74) is 0. The Balaban J connectivity index is 0. The van der Waals surface area contributed by atoms with Crippen LogP contribution in [-0.2, 0) is 0 Å². The molecule has 0 amide bonds. The first kappa shape index (κ1) is 46.9. The molecular formula is H6AlBMgSi. The fourth-order valence-corrected chi connectivity index (χ4v) is 0. The van der Waals surface area contributed by atoms with Crippen molar-refractivity contribution < 1.29 is 2.85 Å². The summed E-state index contributed by atoms with van der Waals surface area (Å²) in [5.74, 6) is 0. The minimum Gasteiger partial charge on any atom is -1.00 e. The van der Waals surface area contributed by atoms with Crippen molar-refractivity contribution in [1.29, 1.82) is 0 Å². The first-order chi connectivity index (χ1) is 0. The molecule has 0 unspecified atom stereocenters. The van der Waals surface area contributed by atoms with E-state index in [0.717, 1.165) is 0 Å². The fraction of sp³-hybridized carbons (Fsp3) is 0. The number of rotatable bonds is 0. The molecule has 0 spiro atoms. The van der Waals surface area contributed by atoms with Gasteiger partial charge in [0, 0.05) is 8.41 Å². The van der Waals surface area contributed by atoms with Gasteiger partial charge in [0.1, 0.15) is 0 Å². The molecule has 0 nitrogen and oxygen atoms in total. The molecule has 0 aromatic heterocycles. The third-order valence-electron chi connectivity index (χ3n) is 0. The average Bonchev–Trinajstić information content (AvgIpc) is 0. The molecule has 18 valence electrons. The first-order valence-electron chi connectivity index (χ1n) is 0. The minimum absolute atomic E-state index is 0. The van der Waals surface area contributed by atoms with Gasteiger partial charge in [-0.3, -0.25) is 0 Å². The zero-order valence-electron chi connectivity index (χ0n) is 4.99. The Kier molecular flexibility index (Phi) is 275. The smallest absolute Gasteiger partial charge is 1.00 e. The van der Waals surface area contributed by atoms with E-state index in [9.17, 15) is 0 Å². The van der Waals surface area contributed by atoms with Crippen LogP contribution >= 0.6 is 0 Å². The summed E-state index contributed by atoms with van der Waals surface area (Å²) in [7, 11) is 0. The van der Waals surface area contributed by atoms with E-state index >= 15 is 0 Å². The molecule has 0 bridgehead atoms. The van der Waals surface area contributed by atoms with Crippen LogP contribution in [-0.4, -0.2) is 59.8 Å². The SMILES string of the molecule is [AlH].[B].[H-].[H-].[Mg+2].[SiH3]. The van der Waals surface area contributed by atoms with Crippen molar-refractivity contribution in [2.24, 2.45) is 0 Å². The zero-order valence-corrected chi connectivity index (χ0v) is 7.82. The quantitative estimate of drug-likeness (QED) is 0.296. The molecular weight excluding hydrogens is 90.2 g/mol. The van der Waals surface area contributed by atoms with Crippen LogP contribution in [0.2, 0.25) is 0 Å². The van der Waals surface area contributed by atoms with Gasteiger partial charge < -0.3 is 2.85 Å². The van der Waals surface area contributed by atoms with Crippen molar-refractivity contribution in [2.75, 3.05) is 0 Å². The molecule has 4 heteroatoms. The average molecular weight is 96.2 g/mol. The van der Waals surface area contributed by atoms with E-state index in [1.54, 1.807) is 0 Å². The molecule has 0 heterocycles. The summed E-state index contributed by atoms with van der Waals surface area (Å²) < 4.78 is 0. The monoisotopic (exact) mass is 96.0 g/mol. The van der Waals surface area contributed by atoms with Crippen molar-refractivity contribution in [3.63, 3.8) is 0 Å². The van der Waals surface area contributed by atoms with Crippen LogP contribution in [0, 0.1) is 0 Å². The van der Waals surface area contributed by atoms with Gasteiger partial charge in [0.2, 0.25) is 0 Å². The third-order valence-corrected chi connectivity index (χ3v) is 0. The van der Waals surface area contributed by atoms with Crippen LogP contribution in [0.25, 0.3) is 0 Å². The molecule has 0 fully saturated rings. The first-order valence-corrected chi connectivity index (χ1v) is 0. The van der Waals surface area contributed by atoms with E-state index in [1.807, 2.05) is 0 Å². The second-order valence-electron chi connectivity index (χ2n) is 0. The van der Waals surface area contributed by atoms with E-state index in [-0.39, 0.29) is 62.6 Å². The van der Waals surface area contributed by atoms with Crippen molar-refractivity contribution in [1.82, 2.24) is 0 Å². The standard InChI is InChI=1S/Al.B.Mg.H3Si.3H/h;;;1H3;;;/q;;+2;;;2*-1. The van der Waals surface area contributed by atoms with Crippen LogP contribution in [0.1, 0.15) is 2.85 Å². The predicted molar refractivity (Wildman–Crippen MR) is 30.8 cm³/mol. The Morgan fingerprint density at radius 1 is 1.25 bits per heavy atom. The van der Waals surface area contributed by atoms with Crippen molar-refractivity contribution in [3.8, 4) is 0 Å². The molecule has 0 saturated heterocycles. The van der Waals surface area contributed by atoms with Gasteiger partial charge in [-0.15, -0.1) is 0 Å². The van der Waals surface area contributed by atoms with E-state index in [0.29, 0.717) is 0 Å². The van der Waals surface area contributed by atoms with Gasteiger partial charge >= 0.3 is 23.1 Å². The summed E-state index contributed by atoms with van der Waals surface area (Å²) in [6.07, 6.45) is 0. The Morgan fingerprint density at radius 3 is 1.25 bits per heavy atom. The van der Waals surface area contributed by atoms with Crippen LogP contribution in [0.15, 0.2) is 0 Å². The summed E-state index contributed by atoms with van der Waals surface area (Å²) >= 11 is 0. The predicted octanol–water partition coefficient (Wildman–Crippen LogP) is -2.37. The Hall–Kier alpha value is 1.58. The molecule has 0 aliphatic carbocycles. The van der Waals surface area contributed by atoms with E-state index in [1.165, 1.54) is 0 Å². The third kappa shape index (κ3) is 9.54. The van der Waals surface area contributed by atoms with Gasteiger partial charge in [-0.05, 0) is 11.0 Å². The normalized spacial score (nSPS) is 0. The molecule has 6 radical (unpaired) electrons. The molecule has 0 N–H and O–H groups in total. The van der Waals surface area contributed by atoms with Crippen molar-refractivity contribution in [2.45, 2.75) is 0 Å². The van der Waals surface area contributed by atoms with Gasteiger partial charge in [-0.2, -0.15) is 0 Å². The topological polar surface area (TPSA) is 0 Å². The van der Waals surface area contributed by atoms with E-state index < -0.39 is 0 Å². The molecule has 0 atom stereocenters. The van der Waals surface area contributed by atoms with Crippen LogP contribution in [0.5, 0.6) is 0 Å². The molecule has 0 aromatic rings. The fourth-order valence-electron chi connectivity index (χ4n) is 0. The number of hydrogen-bond donors (Lipinski definition) is 0. The second-order valence-corrected chi connectivity index (χ2v) is 0. The molecule has 0 rings (SSSR count). The van der Waals surface area contributed by atoms with Gasteiger partial charge in [0.25, 0.3) is 0 Å². The molecule has 0 aromatic carbocycles. The molecule has 0 aliphatic heterocycles. The summed E-state index contributed by atoms with van der Waals surface area (Å²) in [5, 5.41) is 0. The van der Waals surface area contributed by atoms with E-state index in [2.05, 4.69) is 0 Å². The summed E-state index contributed by atoms with van der Waals surface area (Å²) in [6.45, 7) is 0. The molecule has 4 heavy (non-hydrogen) atoms. The number of hydrogen-bond acceptors (Lipinski definition) is 0. The Morgan fingerprint density at radius 2 is 1.25 bits per heavy atom. The van der Waals surface area contributed by atoms with Crippen molar-refractivity contribution >= 4 is 59.8 Å².